The number of rotatable bonds is 5. The van der Waals surface area contributed by atoms with Crippen LogP contribution in [0.4, 0.5) is 13.2 Å². The average Bonchev–Trinajstić information content (AvgIpc) is 2.54. The molecule has 3 nitrogen and oxygen atoms in total. The largest absolute Gasteiger partial charge is 0.417 e. The molecule has 0 amide bonds. The molecule has 2 rings (SSSR count). The van der Waals surface area contributed by atoms with Crippen molar-refractivity contribution >= 4 is 0 Å². The number of pyridine rings is 1. The highest BCUT2D eigenvalue weighted by atomic mass is 19.4. The molecule has 2 unspecified atom stereocenters. The van der Waals surface area contributed by atoms with Crippen LogP contribution in [-0.2, 0) is 6.18 Å². The van der Waals surface area contributed by atoms with Crippen LogP contribution in [0.25, 0.3) is 0 Å². The smallest absolute Gasteiger partial charge is 0.264 e. The minimum atomic E-state index is -4.37. The summed E-state index contributed by atoms with van der Waals surface area (Å²) in [6, 6.07) is 1.17. The van der Waals surface area contributed by atoms with E-state index in [-0.39, 0.29) is 11.8 Å². The number of nitrogens with zero attached hydrogens (tertiary/aromatic N) is 3. The second-order valence-corrected chi connectivity index (χ2v) is 6.57. The molecular weight excluding hydrogens is 315 g/mol. The lowest BCUT2D eigenvalue weighted by molar-refractivity contribution is -0.137. The molecule has 6 heteroatoms. The summed E-state index contributed by atoms with van der Waals surface area (Å²) in [4.78, 5) is 12.5. The van der Waals surface area contributed by atoms with Gasteiger partial charge in [-0.15, -0.1) is 0 Å². The van der Waals surface area contributed by atoms with E-state index in [4.69, 9.17) is 0 Å². The molecule has 0 N–H and O–H groups in total. The summed E-state index contributed by atoms with van der Waals surface area (Å²) in [7, 11) is 0. The Morgan fingerprint density at radius 2 is 1.50 bits per heavy atom. The zero-order valence-corrected chi connectivity index (χ0v) is 14.3. The topological polar surface area (TPSA) is 38.7 Å². The van der Waals surface area contributed by atoms with E-state index in [2.05, 4.69) is 28.8 Å². The van der Waals surface area contributed by atoms with Crippen LogP contribution in [0, 0.1) is 0 Å². The van der Waals surface area contributed by atoms with Crippen molar-refractivity contribution in [3.63, 3.8) is 0 Å². The number of halogens is 3. The molecule has 24 heavy (non-hydrogen) atoms. The molecule has 0 saturated carbocycles. The van der Waals surface area contributed by atoms with Gasteiger partial charge in [-0.2, -0.15) is 13.2 Å². The average molecular weight is 337 g/mol. The van der Waals surface area contributed by atoms with Gasteiger partial charge in [-0.3, -0.25) is 4.98 Å². The highest BCUT2D eigenvalue weighted by molar-refractivity contribution is 5.24. The first kappa shape index (κ1) is 18.4. The van der Waals surface area contributed by atoms with Crippen LogP contribution in [0.15, 0.2) is 30.9 Å². The second-order valence-electron chi connectivity index (χ2n) is 6.57. The van der Waals surface area contributed by atoms with Gasteiger partial charge in [0.1, 0.15) is 5.82 Å². The summed E-state index contributed by atoms with van der Waals surface area (Å²) in [6.07, 6.45) is 2.27. The van der Waals surface area contributed by atoms with Crippen molar-refractivity contribution in [1.29, 1.82) is 0 Å². The first-order chi connectivity index (χ1) is 11.2. The van der Waals surface area contributed by atoms with E-state index in [9.17, 15) is 13.2 Å². The van der Waals surface area contributed by atoms with Crippen molar-refractivity contribution in [3.05, 3.63) is 53.4 Å². The molecule has 0 spiro atoms. The predicted molar refractivity (Wildman–Crippen MR) is 86.8 cm³/mol. The van der Waals surface area contributed by atoms with Crippen LogP contribution in [0.5, 0.6) is 0 Å². The van der Waals surface area contributed by atoms with Gasteiger partial charge in [-0.25, -0.2) is 9.97 Å². The molecular formula is C18H22F3N3. The summed E-state index contributed by atoms with van der Waals surface area (Å²) in [5.74, 6) is 1.06. The monoisotopic (exact) mass is 337 g/mol. The lowest BCUT2D eigenvalue weighted by atomic mass is 9.91. The van der Waals surface area contributed by atoms with Gasteiger partial charge in [0.25, 0.3) is 0 Å². The molecule has 0 saturated heterocycles. The maximum Gasteiger partial charge on any atom is 0.417 e. The van der Waals surface area contributed by atoms with Crippen molar-refractivity contribution in [2.24, 2.45) is 0 Å². The molecule has 0 aliphatic carbocycles. The Balaban J connectivity index is 2.10. The quantitative estimate of drug-likeness (QED) is 0.742. The Kier molecular flexibility index (Phi) is 5.57. The summed E-state index contributed by atoms with van der Waals surface area (Å²) >= 11 is 0. The minimum Gasteiger partial charge on any atom is -0.264 e. The lowest BCUT2D eigenvalue weighted by Gasteiger charge is -2.18. The van der Waals surface area contributed by atoms with Crippen LogP contribution in [0.1, 0.15) is 74.4 Å². The minimum absolute atomic E-state index is 0.0516. The summed E-state index contributed by atoms with van der Waals surface area (Å²) in [5, 5.41) is 0. The number of hydrogen-bond donors (Lipinski definition) is 0. The van der Waals surface area contributed by atoms with Gasteiger partial charge in [-0.1, -0.05) is 27.7 Å². The fourth-order valence-corrected chi connectivity index (χ4v) is 2.55. The van der Waals surface area contributed by atoms with Crippen LogP contribution in [0.2, 0.25) is 0 Å². The van der Waals surface area contributed by atoms with Gasteiger partial charge >= 0.3 is 6.18 Å². The third-order valence-corrected chi connectivity index (χ3v) is 4.16. The molecule has 0 aliphatic heterocycles. The molecule has 2 heterocycles. The number of hydrogen-bond acceptors (Lipinski definition) is 3. The van der Waals surface area contributed by atoms with Gasteiger partial charge in [0.15, 0.2) is 0 Å². The van der Waals surface area contributed by atoms with Crippen LogP contribution >= 0.6 is 0 Å². The van der Waals surface area contributed by atoms with E-state index in [1.165, 1.54) is 12.3 Å². The summed E-state index contributed by atoms with van der Waals surface area (Å²) in [5.41, 5.74) is 0.939. The van der Waals surface area contributed by atoms with Crippen LogP contribution in [0.3, 0.4) is 0 Å². The fraction of sp³-hybridized carbons (Fsp3) is 0.500. The van der Waals surface area contributed by atoms with E-state index < -0.39 is 11.7 Å². The van der Waals surface area contributed by atoms with Crippen molar-refractivity contribution < 1.29 is 13.2 Å². The number of alkyl halides is 3. The number of aromatic nitrogens is 3. The summed E-state index contributed by atoms with van der Waals surface area (Å²) in [6.45, 7) is 8.03. The van der Waals surface area contributed by atoms with Gasteiger partial charge in [0.2, 0.25) is 0 Å². The van der Waals surface area contributed by atoms with Crippen molar-refractivity contribution in [2.75, 3.05) is 0 Å². The Bertz CT molecular complexity index is 666. The van der Waals surface area contributed by atoms with Gasteiger partial charge < -0.3 is 0 Å². The molecule has 0 radical (unpaired) electrons. The molecule has 130 valence electrons. The van der Waals surface area contributed by atoms with Crippen molar-refractivity contribution in [2.45, 2.75) is 58.0 Å². The fourth-order valence-electron chi connectivity index (χ4n) is 2.55. The van der Waals surface area contributed by atoms with Crippen LogP contribution < -0.4 is 0 Å². The summed E-state index contributed by atoms with van der Waals surface area (Å²) < 4.78 is 38.4. The normalized spacial score (nSPS) is 14.7. The van der Waals surface area contributed by atoms with Crippen molar-refractivity contribution in [1.82, 2.24) is 15.0 Å². The van der Waals surface area contributed by atoms with Crippen LogP contribution in [-0.4, -0.2) is 15.0 Å². The highest BCUT2D eigenvalue weighted by Crippen LogP contribution is 2.33. The maximum atomic E-state index is 12.8. The van der Waals surface area contributed by atoms with E-state index in [0.717, 1.165) is 11.8 Å². The Labute approximate surface area is 140 Å². The van der Waals surface area contributed by atoms with Gasteiger partial charge in [0, 0.05) is 30.7 Å². The van der Waals surface area contributed by atoms with E-state index in [1.807, 2.05) is 26.2 Å². The molecule has 0 aromatic carbocycles. The first-order valence-electron chi connectivity index (χ1n) is 8.02. The molecule has 0 aliphatic rings. The Hall–Kier alpha value is -1.98. The van der Waals surface area contributed by atoms with Crippen molar-refractivity contribution in [3.8, 4) is 0 Å². The third kappa shape index (κ3) is 4.52. The predicted octanol–water partition coefficient (Wildman–Crippen LogP) is 5.31. The SMILES string of the molecule is CC(C)c1cnc(C(C)CC(C)c2cncc(C(F)(F)F)c2)nc1. The molecule has 0 bridgehead atoms. The molecule has 2 atom stereocenters. The highest BCUT2D eigenvalue weighted by Gasteiger charge is 2.31. The van der Waals surface area contributed by atoms with E-state index in [0.29, 0.717) is 23.7 Å². The molecule has 2 aromatic heterocycles. The standard InChI is InChI=1S/C18H22F3N3/c1-11(2)15-8-23-17(24-9-15)13(4)5-12(3)14-6-16(10-22-7-14)18(19,20)21/h6-13H,5H2,1-4H3. The molecule has 0 fully saturated rings. The van der Waals surface area contributed by atoms with E-state index in [1.54, 1.807) is 0 Å². The second kappa shape index (κ2) is 7.28. The van der Waals surface area contributed by atoms with Gasteiger partial charge in [0.05, 0.1) is 5.56 Å². The van der Waals surface area contributed by atoms with E-state index >= 15 is 0 Å². The maximum absolute atomic E-state index is 12.8. The zero-order chi connectivity index (χ0) is 17.9. The third-order valence-electron chi connectivity index (χ3n) is 4.16. The Morgan fingerprint density at radius 1 is 0.875 bits per heavy atom. The zero-order valence-electron chi connectivity index (χ0n) is 14.3. The lowest BCUT2D eigenvalue weighted by Crippen LogP contribution is -2.09. The first-order valence-corrected chi connectivity index (χ1v) is 8.02. The Morgan fingerprint density at radius 3 is 2.04 bits per heavy atom. The molecule has 2 aromatic rings. The van der Waals surface area contributed by atoms with Gasteiger partial charge in [-0.05, 0) is 35.4 Å².